The Bertz CT molecular complexity index is 1550. The van der Waals surface area contributed by atoms with Gasteiger partial charge in [-0.05, 0) is 61.7 Å². The Morgan fingerprint density at radius 3 is 2.18 bits per heavy atom. The van der Waals surface area contributed by atoms with Crippen molar-refractivity contribution in [3.63, 3.8) is 0 Å². The van der Waals surface area contributed by atoms with Crippen LogP contribution >= 0.6 is 23.2 Å². The molecule has 12 heteroatoms. The van der Waals surface area contributed by atoms with Crippen molar-refractivity contribution in [2.24, 2.45) is 0 Å². The number of halogens is 2. The van der Waals surface area contributed by atoms with Gasteiger partial charge in [0.1, 0.15) is 12.6 Å². The number of methoxy groups -OCH3 is 2. The third-order valence-electron chi connectivity index (χ3n) is 7.10. The molecule has 0 aliphatic rings. The number of carbonyl (C=O) groups is 2. The highest BCUT2D eigenvalue weighted by Crippen LogP contribution is 2.33. The van der Waals surface area contributed by atoms with Gasteiger partial charge in [0, 0.05) is 19.2 Å². The summed E-state index contributed by atoms with van der Waals surface area (Å²) in [6.07, 6.45) is 1.98. The zero-order valence-corrected chi connectivity index (χ0v) is 27.9. The number of hydrogen-bond acceptors (Lipinski definition) is 6. The second-order valence-corrected chi connectivity index (χ2v) is 12.9. The summed E-state index contributed by atoms with van der Waals surface area (Å²) in [6.45, 7) is 5.60. The van der Waals surface area contributed by atoms with Crippen LogP contribution in [0.25, 0.3) is 0 Å². The number of anilines is 1. The van der Waals surface area contributed by atoms with Gasteiger partial charge in [-0.25, -0.2) is 8.42 Å². The lowest BCUT2D eigenvalue weighted by Crippen LogP contribution is -2.52. The number of ether oxygens (including phenoxy) is 2. The predicted molar refractivity (Wildman–Crippen MR) is 174 cm³/mol. The third kappa shape index (κ3) is 8.58. The van der Waals surface area contributed by atoms with Crippen molar-refractivity contribution >= 4 is 50.7 Å². The molecule has 0 aliphatic carbocycles. The molecule has 0 aromatic heterocycles. The zero-order valence-electron chi connectivity index (χ0n) is 25.6. The van der Waals surface area contributed by atoms with Crippen LogP contribution in [0.5, 0.6) is 11.5 Å². The highest BCUT2D eigenvalue weighted by atomic mass is 35.5. The van der Waals surface area contributed by atoms with E-state index in [1.165, 1.54) is 37.3 Å². The topological polar surface area (TPSA) is 105 Å². The Morgan fingerprint density at radius 1 is 0.909 bits per heavy atom. The largest absolute Gasteiger partial charge is 0.493 e. The Kier molecular flexibility index (Phi) is 12.7. The van der Waals surface area contributed by atoms with Gasteiger partial charge in [0.25, 0.3) is 10.0 Å². The van der Waals surface area contributed by atoms with E-state index in [9.17, 15) is 18.0 Å². The number of rotatable bonds is 15. The fraction of sp³-hybridized carbons (Fsp3) is 0.375. The summed E-state index contributed by atoms with van der Waals surface area (Å²) in [5, 5.41) is 3.56. The first-order valence-electron chi connectivity index (χ1n) is 14.3. The first-order chi connectivity index (χ1) is 21.0. The third-order valence-corrected chi connectivity index (χ3v) is 9.61. The number of benzene rings is 3. The molecule has 0 aliphatic heterocycles. The number of unbranched alkanes of at least 4 members (excludes halogenated alkanes) is 1. The molecule has 238 valence electrons. The number of hydrogen-bond donors (Lipinski definition) is 1. The molecular formula is C32H39Cl2N3O6S. The van der Waals surface area contributed by atoms with Gasteiger partial charge in [0.05, 0.1) is 34.8 Å². The summed E-state index contributed by atoms with van der Waals surface area (Å²) in [5.74, 6) is -0.311. The van der Waals surface area contributed by atoms with Gasteiger partial charge >= 0.3 is 0 Å². The molecule has 3 rings (SSSR count). The Morgan fingerprint density at radius 2 is 1.59 bits per heavy atom. The number of sulfonamides is 1. The quantitative estimate of drug-likeness (QED) is 0.193. The number of nitrogens with one attached hydrogen (secondary N) is 1. The van der Waals surface area contributed by atoms with Crippen LogP contribution in [0, 0.1) is 6.92 Å². The van der Waals surface area contributed by atoms with Gasteiger partial charge in [-0.2, -0.15) is 0 Å². The molecule has 0 saturated heterocycles. The van der Waals surface area contributed by atoms with E-state index < -0.39 is 28.5 Å². The Balaban J connectivity index is 2.09. The van der Waals surface area contributed by atoms with Gasteiger partial charge in [0.15, 0.2) is 11.5 Å². The molecule has 9 nitrogen and oxygen atoms in total. The summed E-state index contributed by atoms with van der Waals surface area (Å²) in [4.78, 5) is 28.9. The maximum Gasteiger partial charge on any atom is 0.264 e. The van der Waals surface area contributed by atoms with Gasteiger partial charge in [-0.3, -0.25) is 13.9 Å². The second-order valence-electron chi connectivity index (χ2n) is 10.2. The smallest absolute Gasteiger partial charge is 0.264 e. The molecule has 3 aromatic rings. The van der Waals surface area contributed by atoms with Crippen molar-refractivity contribution in [2.45, 2.75) is 57.5 Å². The van der Waals surface area contributed by atoms with Crippen molar-refractivity contribution in [1.82, 2.24) is 10.2 Å². The summed E-state index contributed by atoms with van der Waals surface area (Å²) in [5.41, 5.74) is 1.84. The molecular weight excluding hydrogens is 625 g/mol. The van der Waals surface area contributed by atoms with E-state index in [2.05, 4.69) is 5.32 Å². The molecule has 2 amide bonds. The number of carbonyl (C=O) groups excluding carboxylic acids is 2. The number of nitrogens with zero attached hydrogens (tertiary/aromatic N) is 2. The molecule has 0 saturated carbocycles. The van der Waals surface area contributed by atoms with Gasteiger partial charge in [-0.1, -0.05) is 67.2 Å². The van der Waals surface area contributed by atoms with Crippen LogP contribution in [0.15, 0.2) is 65.6 Å². The van der Waals surface area contributed by atoms with Crippen molar-refractivity contribution in [1.29, 1.82) is 0 Å². The molecule has 1 N–H and O–H groups in total. The molecule has 0 unspecified atom stereocenters. The van der Waals surface area contributed by atoms with E-state index in [1.54, 1.807) is 49.4 Å². The standard InChI is InChI=1S/C32H39Cl2N3O6S/c1-6-8-17-35-32(39)28(7-2)36(20-23-11-15-26(33)27(34)18-23)31(38)21-37(24-12-9-22(3)10-13-24)44(40,41)25-14-16-29(42-4)30(19-25)43-5/h9-16,18-19,28H,6-8,17,20-21H2,1-5H3,(H,35,39)/t28-/m1/s1. The minimum Gasteiger partial charge on any atom is -0.493 e. The van der Waals surface area contributed by atoms with E-state index in [4.69, 9.17) is 32.7 Å². The summed E-state index contributed by atoms with van der Waals surface area (Å²) >= 11 is 12.4. The normalized spacial score (nSPS) is 11.9. The highest BCUT2D eigenvalue weighted by Gasteiger charge is 2.34. The van der Waals surface area contributed by atoms with Crippen LogP contribution in [-0.4, -0.2) is 58.5 Å². The van der Waals surface area contributed by atoms with Crippen LogP contribution in [0.2, 0.25) is 10.0 Å². The van der Waals surface area contributed by atoms with Crippen molar-refractivity contribution in [3.05, 3.63) is 81.8 Å². The zero-order chi connectivity index (χ0) is 32.4. The highest BCUT2D eigenvalue weighted by molar-refractivity contribution is 7.92. The average molecular weight is 665 g/mol. The summed E-state index contributed by atoms with van der Waals surface area (Å²) in [7, 11) is -1.44. The van der Waals surface area contributed by atoms with E-state index >= 15 is 0 Å². The summed E-state index contributed by atoms with van der Waals surface area (Å²) < 4.78 is 40.0. The minimum atomic E-state index is -4.30. The molecule has 3 aromatic carbocycles. The van der Waals surface area contributed by atoms with Crippen LogP contribution in [0.4, 0.5) is 5.69 Å². The van der Waals surface area contributed by atoms with E-state index in [-0.39, 0.29) is 28.8 Å². The predicted octanol–water partition coefficient (Wildman–Crippen LogP) is 6.24. The number of aryl methyl sites for hydroxylation is 1. The minimum absolute atomic E-state index is 0.00751. The molecule has 0 heterocycles. The molecule has 44 heavy (non-hydrogen) atoms. The van der Waals surface area contributed by atoms with Gasteiger partial charge in [-0.15, -0.1) is 0 Å². The fourth-order valence-electron chi connectivity index (χ4n) is 4.60. The fourth-order valence-corrected chi connectivity index (χ4v) is 6.36. The monoisotopic (exact) mass is 663 g/mol. The Hall–Kier alpha value is -3.47. The van der Waals surface area contributed by atoms with E-state index in [0.717, 1.165) is 22.7 Å². The molecule has 0 fully saturated rings. The van der Waals surface area contributed by atoms with Crippen LogP contribution in [0.1, 0.15) is 44.2 Å². The van der Waals surface area contributed by atoms with Crippen molar-refractivity contribution in [3.8, 4) is 11.5 Å². The lowest BCUT2D eigenvalue weighted by atomic mass is 10.1. The SMILES string of the molecule is CCCCNC(=O)[C@@H](CC)N(Cc1ccc(Cl)c(Cl)c1)C(=O)CN(c1ccc(C)cc1)S(=O)(=O)c1ccc(OC)c(OC)c1. The molecule has 0 radical (unpaired) electrons. The first kappa shape index (κ1) is 35.0. The lowest BCUT2D eigenvalue weighted by Gasteiger charge is -2.33. The first-order valence-corrected chi connectivity index (χ1v) is 16.5. The Labute approximate surface area is 270 Å². The van der Waals surface area contributed by atoms with Crippen LogP contribution in [-0.2, 0) is 26.2 Å². The maximum absolute atomic E-state index is 14.2. The van der Waals surface area contributed by atoms with Crippen LogP contribution in [0.3, 0.4) is 0 Å². The number of amides is 2. The van der Waals surface area contributed by atoms with Crippen LogP contribution < -0.4 is 19.1 Å². The van der Waals surface area contributed by atoms with Gasteiger partial charge in [0.2, 0.25) is 11.8 Å². The average Bonchev–Trinajstić information content (AvgIpc) is 3.01. The molecule has 1 atom stereocenters. The second kappa shape index (κ2) is 16.0. The maximum atomic E-state index is 14.2. The van der Waals surface area contributed by atoms with E-state index in [1.807, 2.05) is 13.8 Å². The van der Waals surface area contributed by atoms with Crippen molar-refractivity contribution in [2.75, 3.05) is 31.6 Å². The van der Waals surface area contributed by atoms with Gasteiger partial charge < -0.3 is 19.7 Å². The summed E-state index contributed by atoms with van der Waals surface area (Å²) in [6, 6.07) is 15.1. The molecule has 0 bridgehead atoms. The molecule has 0 spiro atoms. The lowest BCUT2D eigenvalue weighted by molar-refractivity contribution is -0.140. The van der Waals surface area contributed by atoms with E-state index in [0.29, 0.717) is 34.3 Å². The van der Waals surface area contributed by atoms with Crippen molar-refractivity contribution < 1.29 is 27.5 Å².